The van der Waals surface area contributed by atoms with E-state index in [0.717, 1.165) is 10.2 Å². The minimum Gasteiger partial charge on any atom is -0.497 e. The molecular weight excluding hydrogens is 282 g/mol. The second-order valence-corrected chi connectivity index (χ2v) is 7.30. The predicted octanol–water partition coefficient (Wildman–Crippen LogP) is 4.12. The van der Waals surface area contributed by atoms with Crippen molar-refractivity contribution in [3.8, 4) is 5.75 Å². The van der Waals surface area contributed by atoms with Crippen LogP contribution in [0.3, 0.4) is 0 Å². The lowest BCUT2D eigenvalue weighted by Gasteiger charge is -2.40. The third-order valence-electron chi connectivity index (χ3n) is 5.85. The number of benzene rings is 2. The highest BCUT2D eigenvalue weighted by molar-refractivity contribution is 5.44. The van der Waals surface area contributed by atoms with E-state index < -0.39 is 0 Å². The fourth-order valence-corrected chi connectivity index (χ4v) is 4.69. The molecule has 2 aliphatic rings. The maximum Gasteiger partial charge on any atom is 0.141 e. The molecule has 0 aromatic heterocycles. The summed E-state index contributed by atoms with van der Waals surface area (Å²) in [5.41, 5.74) is 6.08. The lowest BCUT2D eigenvalue weighted by molar-refractivity contribution is -0.932. The van der Waals surface area contributed by atoms with Gasteiger partial charge in [-0.05, 0) is 42.2 Å². The fourth-order valence-electron chi connectivity index (χ4n) is 4.69. The fraction of sp³-hybridized carbons (Fsp3) is 0.429. The van der Waals surface area contributed by atoms with Gasteiger partial charge in [0.25, 0.3) is 0 Å². The summed E-state index contributed by atoms with van der Waals surface area (Å²) in [4.78, 5) is 0. The maximum absolute atomic E-state index is 5.47. The number of nitrogens with zero attached hydrogens (tertiary/aromatic N) is 1. The summed E-state index contributed by atoms with van der Waals surface area (Å²) in [6, 6.07) is 16.3. The minimum atomic E-state index is 0.470. The van der Waals surface area contributed by atoms with E-state index in [9.17, 15) is 0 Å². The zero-order chi connectivity index (χ0) is 15.9. The molecule has 23 heavy (non-hydrogen) atoms. The highest BCUT2D eigenvalue weighted by Crippen LogP contribution is 2.43. The molecule has 2 nitrogen and oxygen atoms in total. The quantitative estimate of drug-likeness (QED) is 0.720. The Morgan fingerprint density at radius 1 is 0.913 bits per heavy atom. The molecule has 0 spiro atoms. The van der Waals surface area contributed by atoms with Crippen molar-refractivity contribution in [1.82, 2.24) is 0 Å². The van der Waals surface area contributed by atoms with E-state index in [1.165, 1.54) is 49.9 Å². The third-order valence-corrected chi connectivity index (χ3v) is 5.85. The Morgan fingerprint density at radius 3 is 2.39 bits per heavy atom. The molecule has 2 heterocycles. The van der Waals surface area contributed by atoms with Crippen LogP contribution in [0.4, 0.5) is 0 Å². The van der Waals surface area contributed by atoms with Gasteiger partial charge in [-0.15, -0.1) is 0 Å². The first-order valence-corrected chi connectivity index (χ1v) is 8.80. The van der Waals surface area contributed by atoms with Crippen LogP contribution in [0, 0.1) is 0 Å². The Balaban J connectivity index is 1.93. The molecule has 0 amide bonds. The van der Waals surface area contributed by atoms with Gasteiger partial charge >= 0.3 is 0 Å². The van der Waals surface area contributed by atoms with Crippen molar-refractivity contribution in [1.29, 1.82) is 0 Å². The Labute approximate surface area is 139 Å². The number of ether oxygens (including phenoxy) is 1. The van der Waals surface area contributed by atoms with Gasteiger partial charge in [0.15, 0.2) is 0 Å². The lowest BCUT2D eigenvalue weighted by atomic mass is 9.89. The number of aryl methyl sites for hydroxylation is 2. The summed E-state index contributed by atoms with van der Waals surface area (Å²) < 4.78 is 6.62. The van der Waals surface area contributed by atoms with Crippen molar-refractivity contribution in [3.05, 3.63) is 64.7 Å². The smallest absolute Gasteiger partial charge is 0.141 e. The largest absolute Gasteiger partial charge is 0.497 e. The zero-order valence-electron chi connectivity index (χ0n) is 14.2. The van der Waals surface area contributed by atoms with Crippen molar-refractivity contribution in [2.45, 2.75) is 31.7 Å². The van der Waals surface area contributed by atoms with E-state index in [4.69, 9.17) is 4.74 Å². The summed E-state index contributed by atoms with van der Waals surface area (Å²) in [5, 5.41) is 0. The van der Waals surface area contributed by atoms with Gasteiger partial charge in [0.05, 0.1) is 27.2 Å². The molecular formula is C21H26NO+. The molecule has 2 atom stereocenters. The molecule has 0 aliphatic carbocycles. The van der Waals surface area contributed by atoms with E-state index in [-0.39, 0.29) is 0 Å². The molecule has 0 radical (unpaired) electrons. The van der Waals surface area contributed by atoms with Crippen molar-refractivity contribution in [2.24, 2.45) is 0 Å². The van der Waals surface area contributed by atoms with E-state index in [0.29, 0.717) is 6.04 Å². The zero-order valence-corrected chi connectivity index (χ0v) is 14.2. The number of hydrogen-bond donors (Lipinski definition) is 0. The van der Waals surface area contributed by atoms with Crippen molar-refractivity contribution < 1.29 is 9.22 Å². The van der Waals surface area contributed by atoms with Gasteiger partial charge in [-0.2, -0.15) is 0 Å². The van der Waals surface area contributed by atoms with Crippen LogP contribution in [0.5, 0.6) is 5.75 Å². The predicted molar refractivity (Wildman–Crippen MR) is 93.8 cm³/mol. The van der Waals surface area contributed by atoms with Crippen molar-refractivity contribution in [2.75, 3.05) is 27.2 Å². The van der Waals surface area contributed by atoms with Crippen LogP contribution >= 0.6 is 0 Å². The van der Waals surface area contributed by atoms with Crippen LogP contribution < -0.4 is 4.74 Å². The average Bonchev–Trinajstić information content (AvgIpc) is 2.80. The Bertz CT molecular complexity index is 724. The Kier molecular flexibility index (Phi) is 3.65. The van der Waals surface area contributed by atoms with Crippen LogP contribution in [-0.4, -0.2) is 31.7 Å². The number of methoxy groups -OCH3 is 1. The molecule has 0 N–H and O–H groups in total. The highest BCUT2D eigenvalue weighted by Gasteiger charge is 2.40. The van der Waals surface area contributed by atoms with Crippen LogP contribution in [0.2, 0.25) is 0 Å². The maximum atomic E-state index is 5.47. The second-order valence-electron chi connectivity index (χ2n) is 7.30. The van der Waals surface area contributed by atoms with E-state index in [1.54, 1.807) is 18.2 Å². The van der Waals surface area contributed by atoms with Crippen LogP contribution in [-0.2, 0) is 12.8 Å². The van der Waals surface area contributed by atoms with Gasteiger partial charge < -0.3 is 9.22 Å². The molecule has 0 fully saturated rings. The summed E-state index contributed by atoms with van der Waals surface area (Å²) >= 11 is 0. The number of hydrogen-bond acceptors (Lipinski definition) is 1. The first-order valence-electron chi connectivity index (χ1n) is 8.80. The number of quaternary nitrogens is 1. The molecule has 2 heteroatoms. The number of rotatable bonds is 1. The van der Waals surface area contributed by atoms with E-state index >= 15 is 0 Å². The summed E-state index contributed by atoms with van der Waals surface area (Å²) in [6.45, 7) is 2.53. The normalized spacial score (nSPS) is 26.3. The van der Waals surface area contributed by atoms with Gasteiger partial charge in [0.2, 0.25) is 0 Å². The summed E-state index contributed by atoms with van der Waals surface area (Å²) in [7, 11) is 4.23. The van der Waals surface area contributed by atoms with Gasteiger partial charge in [0, 0.05) is 24.0 Å². The van der Waals surface area contributed by atoms with E-state index in [2.05, 4.69) is 49.5 Å². The molecule has 4 rings (SSSR count). The number of fused-ring (bicyclic) bond motifs is 5. The topological polar surface area (TPSA) is 9.23 Å². The van der Waals surface area contributed by atoms with Crippen molar-refractivity contribution in [3.63, 3.8) is 0 Å². The standard InChI is InChI=1S/C21H26NO/c1-22-13-5-8-16-7-3-4-10-19(16)21(22)20-12-11-18(23-2)15-17(20)9-6-14-22/h3-4,7,10-12,15,21H,5-6,8-9,13-14H2,1-2H3/q+1. The monoisotopic (exact) mass is 308 g/mol. The van der Waals surface area contributed by atoms with Crippen LogP contribution in [0.15, 0.2) is 42.5 Å². The summed E-state index contributed by atoms with van der Waals surface area (Å²) in [5.74, 6) is 0.988. The lowest BCUT2D eigenvalue weighted by Crippen LogP contribution is -2.47. The van der Waals surface area contributed by atoms with Crippen LogP contribution in [0.1, 0.15) is 41.1 Å². The first kappa shape index (κ1) is 14.8. The van der Waals surface area contributed by atoms with Crippen molar-refractivity contribution >= 4 is 0 Å². The van der Waals surface area contributed by atoms with Gasteiger partial charge in [-0.1, -0.05) is 24.3 Å². The third kappa shape index (κ3) is 2.46. The Hall–Kier alpha value is -1.80. The average molecular weight is 308 g/mol. The molecule has 2 aliphatic heterocycles. The summed E-state index contributed by atoms with van der Waals surface area (Å²) in [6.07, 6.45) is 4.93. The molecule has 0 bridgehead atoms. The molecule has 2 unspecified atom stereocenters. The van der Waals surface area contributed by atoms with E-state index in [1.807, 2.05) is 0 Å². The second kappa shape index (κ2) is 5.68. The molecule has 120 valence electrons. The SMILES string of the molecule is COc1ccc2c(c1)CCC[N+]1(C)CCCc3ccccc3C21. The van der Waals surface area contributed by atoms with Gasteiger partial charge in [0.1, 0.15) is 11.8 Å². The van der Waals surface area contributed by atoms with Gasteiger partial charge in [-0.25, -0.2) is 0 Å². The molecule has 0 saturated carbocycles. The minimum absolute atomic E-state index is 0.470. The highest BCUT2D eigenvalue weighted by atomic mass is 16.5. The van der Waals surface area contributed by atoms with Gasteiger partial charge in [-0.3, -0.25) is 0 Å². The Morgan fingerprint density at radius 2 is 1.61 bits per heavy atom. The molecule has 2 aromatic rings. The van der Waals surface area contributed by atoms with Crippen LogP contribution in [0.25, 0.3) is 0 Å². The first-order chi connectivity index (χ1) is 11.2. The molecule has 2 aromatic carbocycles. The molecule has 0 saturated heterocycles.